The Hall–Kier alpha value is -1.81. The van der Waals surface area contributed by atoms with Gasteiger partial charge < -0.3 is 10.6 Å². The van der Waals surface area contributed by atoms with Crippen molar-refractivity contribution in [3.63, 3.8) is 0 Å². The monoisotopic (exact) mass is 346 g/mol. The van der Waals surface area contributed by atoms with Gasteiger partial charge in [0.05, 0.1) is 5.56 Å². The predicted octanol–water partition coefficient (Wildman–Crippen LogP) is 4.12. The number of benzene rings is 2. The lowest BCUT2D eigenvalue weighted by molar-refractivity contribution is 0.0951. The van der Waals surface area contributed by atoms with E-state index >= 15 is 0 Å². The molecule has 0 unspecified atom stereocenters. The molecule has 2 aromatic rings. The molecule has 0 aromatic heterocycles. The minimum Gasteiger partial charge on any atom is -0.385 e. The van der Waals surface area contributed by atoms with E-state index in [1.165, 1.54) is 0 Å². The lowest BCUT2D eigenvalue weighted by Crippen LogP contribution is -2.24. The van der Waals surface area contributed by atoms with E-state index in [4.69, 9.17) is 0 Å². The molecule has 1 amide bonds. The number of anilines is 1. The number of amides is 1. The van der Waals surface area contributed by atoms with Crippen LogP contribution in [0, 0.1) is 6.92 Å². The second-order valence-corrected chi connectivity index (χ2v) is 5.81. The largest absolute Gasteiger partial charge is 0.385 e. The van der Waals surface area contributed by atoms with Crippen molar-refractivity contribution in [1.29, 1.82) is 0 Å². The highest BCUT2D eigenvalue weighted by atomic mass is 79.9. The summed E-state index contributed by atoms with van der Waals surface area (Å²) in [5.74, 6) is -0.0605. The predicted molar refractivity (Wildman–Crippen MR) is 90.7 cm³/mol. The Balaban J connectivity index is 2.11. The van der Waals surface area contributed by atoms with Gasteiger partial charge in [0.2, 0.25) is 0 Å². The third kappa shape index (κ3) is 4.33. The topological polar surface area (TPSA) is 41.1 Å². The molecular formula is C17H19BrN2O. The highest BCUT2D eigenvalue weighted by Crippen LogP contribution is 2.18. The highest BCUT2D eigenvalue weighted by molar-refractivity contribution is 9.10. The summed E-state index contributed by atoms with van der Waals surface area (Å²) in [6.45, 7) is 5.30. The van der Waals surface area contributed by atoms with Crippen LogP contribution in [-0.2, 0) is 6.54 Å². The van der Waals surface area contributed by atoms with E-state index in [1.807, 2.05) is 56.3 Å². The molecule has 0 bridgehead atoms. The Bertz CT molecular complexity index is 640. The van der Waals surface area contributed by atoms with Gasteiger partial charge in [-0.25, -0.2) is 0 Å². The van der Waals surface area contributed by atoms with Crippen LogP contribution in [0.25, 0.3) is 0 Å². The van der Waals surface area contributed by atoms with Gasteiger partial charge in [-0.1, -0.05) is 39.7 Å². The van der Waals surface area contributed by atoms with E-state index < -0.39 is 0 Å². The van der Waals surface area contributed by atoms with Gasteiger partial charge in [-0.15, -0.1) is 0 Å². The van der Waals surface area contributed by atoms with Crippen LogP contribution in [0.1, 0.15) is 28.4 Å². The summed E-state index contributed by atoms with van der Waals surface area (Å²) >= 11 is 3.43. The van der Waals surface area contributed by atoms with Crippen molar-refractivity contribution in [2.45, 2.75) is 20.4 Å². The number of hydrogen-bond acceptors (Lipinski definition) is 2. The van der Waals surface area contributed by atoms with E-state index in [1.54, 1.807) is 0 Å². The minimum absolute atomic E-state index is 0.0605. The molecule has 110 valence electrons. The molecule has 0 radical (unpaired) electrons. The molecule has 3 nitrogen and oxygen atoms in total. The maximum atomic E-state index is 12.4. The molecule has 0 aliphatic rings. The molecule has 2 N–H and O–H groups in total. The Morgan fingerprint density at radius 1 is 1.19 bits per heavy atom. The van der Waals surface area contributed by atoms with Crippen LogP contribution in [0.15, 0.2) is 46.9 Å². The summed E-state index contributed by atoms with van der Waals surface area (Å²) < 4.78 is 1.01. The first-order valence-electron chi connectivity index (χ1n) is 6.97. The van der Waals surface area contributed by atoms with Crippen LogP contribution >= 0.6 is 15.9 Å². The van der Waals surface area contributed by atoms with Gasteiger partial charge in [0.15, 0.2) is 0 Å². The number of rotatable bonds is 5. The van der Waals surface area contributed by atoms with Crippen molar-refractivity contribution in [2.24, 2.45) is 0 Å². The van der Waals surface area contributed by atoms with Gasteiger partial charge >= 0.3 is 0 Å². The summed E-state index contributed by atoms with van der Waals surface area (Å²) in [7, 11) is 0. The van der Waals surface area contributed by atoms with E-state index in [0.29, 0.717) is 12.1 Å². The summed E-state index contributed by atoms with van der Waals surface area (Å²) in [6, 6.07) is 13.8. The first-order valence-corrected chi connectivity index (χ1v) is 7.76. The number of nitrogens with one attached hydrogen (secondary N) is 2. The minimum atomic E-state index is -0.0605. The standard InChI is InChI=1S/C17H19BrN2O/c1-3-19-16-8-7-12(2)9-15(16)17(21)20-11-13-5-4-6-14(18)10-13/h4-10,19H,3,11H2,1-2H3,(H,20,21). The molecule has 2 rings (SSSR count). The van der Waals surface area contributed by atoms with Gasteiger partial charge in [-0.05, 0) is 43.7 Å². The van der Waals surface area contributed by atoms with Gasteiger partial charge in [0.1, 0.15) is 0 Å². The first-order chi connectivity index (χ1) is 10.1. The SMILES string of the molecule is CCNc1ccc(C)cc1C(=O)NCc1cccc(Br)c1. The fourth-order valence-corrected chi connectivity index (χ4v) is 2.56. The number of halogens is 1. The molecule has 0 atom stereocenters. The van der Waals surface area contributed by atoms with Crippen molar-refractivity contribution < 1.29 is 4.79 Å². The Kier molecular flexibility index (Phi) is 5.39. The smallest absolute Gasteiger partial charge is 0.253 e. The molecule has 0 saturated carbocycles. The molecule has 0 spiro atoms. The summed E-state index contributed by atoms with van der Waals surface area (Å²) in [5.41, 5.74) is 3.70. The van der Waals surface area contributed by atoms with Crippen LogP contribution in [0.4, 0.5) is 5.69 Å². The lowest BCUT2D eigenvalue weighted by atomic mass is 10.1. The van der Waals surface area contributed by atoms with E-state index in [2.05, 4.69) is 26.6 Å². The van der Waals surface area contributed by atoms with Crippen LogP contribution < -0.4 is 10.6 Å². The van der Waals surface area contributed by atoms with Crippen LogP contribution in [0.2, 0.25) is 0 Å². The van der Waals surface area contributed by atoms with Crippen LogP contribution in [-0.4, -0.2) is 12.5 Å². The molecular weight excluding hydrogens is 328 g/mol. The summed E-state index contributed by atoms with van der Waals surface area (Å²) in [5, 5.41) is 6.19. The number of aryl methyl sites for hydroxylation is 1. The lowest BCUT2D eigenvalue weighted by Gasteiger charge is -2.12. The summed E-state index contributed by atoms with van der Waals surface area (Å²) in [6.07, 6.45) is 0. The van der Waals surface area contributed by atoms with Crippen molar-refractivity contribution in [3.8, 4) is 0 Å². The molecule has 21 heavy (non-hydrogen) atoms. The molecule has 4 heteroatoms. The zero-order valence-electron chi connectivity index (χ0n) is 12.2. The van der Waals surface area contributed by atoms with Crippen molar-refractivity contribution in [3.05, 3.63) is 63.6 Å². The Labute approximate surface area is 133 Å². The third-order valence-corrected chi connectivity index (χ3v) is 3.62. The third-order valence-electron chi connectivity index (χ3n) is 3.13. The zero-order valence-corrected chi connectivity index (χ0v) is 13.8. The van der Waals surface area contributed by atoms with Gasteiger partial charge in [0.25, 0.3) is 5.91 Å². The van der Waals surface area contributed by atoms with Gasteiger partial charge in [-0.2, -0.15) is 0 Å². The van der Waals surface area contributed by atoms with E-state index in [-0.39, 0.29) is 5.91 Å². The maximum absolute atomic E-state index is 12.4. The average Bonchev–Trinajstić information content (AvgIpc) is 2.47. The van der Waals surface area contributed by atoms with Crippen LogP contribution in [0.5, 0.6) is 0 Å². The summed E-state index contributed by atoms with van der Waals surface area (Å²) in [4.78, 5) is 12.4. The fraction of sp³-hybridized carbons (Fsp3) is 0.235. The Morgan fingerprint density at radius 2 is 2.00 bits per heavy atom. The highest BCUT2D eigenvalue weighted by Gasteiger charge is 2.11. The molecule has 2 aromatic carbocycles. The van der Waals surface area contributed by atoms with Crippen molar-refractivity contribution in [1.82, 2.24) is 5.32 Å². The van der Waals surface area contributed by atoms with Gasteiger partial charge in [0, 0.05) is 23.2 Å². The second-order valence-electron chi connectivity index (χ2n) is 4.89. The number of carbonyl (C=O) groups excluding carboxylic acids is 1. The molecule has 0 fully saturated rings. The zero-order chi connectivity index (χ0) is 15.2. The molecule has 0 aliphatic heterocycles. The number of hydrogen-bond donors (Lipinski definition) is 2. The van der Waals surface area contributed by atoms with Crippen LogP contribution in [0.3, 0.4) is 0 Å². The molecule has 0 aliphatic carbocycles. The number of carbonyl (C=O) groups is 1. The van der Waals surface area contributed by atoms with Crippen molar-refractivity contribution in [2.75, 3.05) is 11.9 Å². The molecule has 0 saturated heterocycles. The second kappa shape index (κ2) is 7.27. The molecule has 0 heterocycles. The van der Waals surface area contributed by atoms with E-state index in [0.717, 1.165) is 27.8 Å². The van der Waals surface area contributed by atoms with Crippen molar-refractivity contribution >= 4 is 27.5 Å². The Morgan fingerprint density at radius 3 is 2.71 bits per heavy atom. The fourth-order valence-electron chi connectivity index (χ4n) is 2.12. The quantitative estimate of drug-likeness (QED) is 0.854. The first kappa shape index (κ1) is 15.6. The average molecular weight is 347 g/mol. The maximum Gasteiger partial charge on any atom is 0.253 e. The normalized spacial score (nSPS) is 10.2. The van der Waals surface area contributed by atoms with E-state index in [9.17, 15) is 4.79 Å². The van der Waals surface area contributed by atoms with Gasteiger partial charge in [-0.3, -0.25) is 4.79 Å².